The van der Waals surface area contributed by atoms with Crippen molar-refractivity contribution in [3.63, 3.8) is 0 Å². The first kappa shape index (κ1) is 27.1. The van der Waals surface area contributed by atoms with Crippen LogP contribution in [0.4, 0.5) is 20.4 Å². The number of nitriles is 2. The summed E-state index contributed by atoms with van der Waals surface area (Å²) in [5.74, 6) is 0.797. The van der Waals surface area contributed by atoms with Gasteiger partial charge < -0.3 is 20.1 Å². The van der Waals surface area contributed by atoms with Crippen LogP contribution < -0.4 is 20.7 Å². The topological polar surface area (TPSA) is 124 Å². The predicted octanol–water partition coefficient (Wildman–Crippen LogP) is 2.59. The normalized spacial score (nSPS) is 21.3. The van der Waals surface area contributed by atoms with E-state index >= 15 is 0 Å². The first-order valence-electron chi connectivity index (χ1n) is 13.0. The molecule has 1 aromatic heterocycles. The molecule has 0 radical (unpaired) electrons. The van der Waals surface area contributed by atoms with Crippen molar-refractivity contribution in [2.45, 2.75) is 51.5 Å². The van der Waals surface area contributed by atoms with Crippen molar-refractivity contribution in [1.82, 2.24) is 25.7 Å². The third kappa shape index (κ3) is 4.28. The number of aromatic nitrogens is 2. The van der Waals surface area contributed by atoms with Crippen molar-refractivity contribution in [2.24, 2.45) is 5.41 Å². The van der Waals surface area contributed by atoms with Crippen molar-refractivity contribution in [2.75, 3.05) is 49.3 Å². The summed E-state index contributed by atoms with van der Waals surface area (Å²) in [7, 11) is 0. The number of allylic oxidation sites excluding steroid dienone is 2. The first-order chi connectivity index (χ1) is 18.4. The van der Waals surface area contributed by atoms with E-state index < -0.39 is 24.7 Å². The van der Waals surface area contributed by atoms with E-state index in [2.05, 4.69) is 36.7 Å². The number of amides is 1. The van der Waals surface area contributed by atoms with Crippen LogP contribution >= 0.6 is 0 Å². The lowest BCUT2D eigenvalue weighted by atomic mass is 9.66. The van der Waals surface area contributed by atoms with Crippen LogP contribution in [0.25, 0.3) is 0 Å². The van der Waals surface area contributed by atoms with Crippen LogP contribution in [0.1, 0.15) is 45.6 Å². The third-order valence-corrected chi connectivity index (χ3v) is 7.78. The van der Waals surface area contributed by atoms with E-state index in [0.717, 1.165) is 48.7 Å². The number of hydrazine groups is 1. The molecule has 0 unspecified atom stereocenters. The Bertz CT molecular complexity index is 1210. The Morgan fingerprint density at radius 3 is 2.50 bits per heavy atom. The summed E-state index contributed by atoms with van der Waals surface area (Å²) >= 11 is 0. The highest BCUT2D eigenvalue weighted by molar-refractivity contribution is 5.86. The Morgan fingerprint density at radius 1 is 1.21 bits per heavy atom. The average molecular weight is 526 g/mol. The Labute approximate surface area is 221 Å². The second-order valence-electron chi connectivity index (χ2n) is 9.88. The quantitative estimate of drug-likeness (QED) is 0.597. The smallest absolute Gasteiger partial charge is 0.248 e. The van der Waals surface area contributed by atoms with E-state index in [9.17, 15) is 24.1 Å². The number of hydrogen-bond acceptors (Lipinski definition) is 9. The van der Waals surface area contributed by atoms with Crippen LogP contribution in [0.3, 0.4) is 0 Å². The molecular formula is C26H33F2N9O. The van der Waals surface area contributed by atoms with Crippen LogP contribution in [0.2, 0.25) is 0 Å². The molecule has 12 heteroatoms. The lowest BCUT2D eigenvalue weighted by molar-refractivity contribution is -0.143. The predicted molar refractivity (Wildman–Crippen MR) is 138 cm³/mol. The molecule has 202 valence electrons. The van der Waals surface area contributed by atoms with Crippen LogP contribution in [0.5, 0.6) is 0 Å². The summed E-state index contributed by atoms with van der Waals surface area (Å²) < 4.78 is 27.1. The molecule has 1 aromatic rings. The lowest BCUT2D eigenvalue weighted by Gasteiger charge is -2.44. The van der Waals surface area contributed by atoms with Crippen molar-refractivity contribution in [3.05, 3.63) is 35.6 Å². The number of fused-ring (bicyclic) bond motifs is 2. The van der Waals surface area contributed by atoms with Gasteiger partial charge in [-0.05, 0) is 25.8 Å². The average Bonchev–Trinajstić information content (AvgIpc) is 3.32. The minimum Gasteiger partial charge on any atom is -0.352 e. The van der Waals surface area contributed by atoms with Crippen molar-refractivity contribution in [1.29, 1.82) is 10.5 Å². The van der Waals surface area contributed by atoms with Gasteiger partial charge in [-0.3, -0.25) is 10.2 Å². The number of piperazine rings is 1. The molecule has 4 heterocycles. The van der Waals surface area contributed by atoms with E-state index in [1.54, 1.807) is 18.3 Å². The number of carbonyl (C=O) groups is 1. The van der Waals surface area contributed by atoms with Gasteiger partial charge in [0.2, 0.25) is 5.91 Å². The maximum absolute atomic E-state index is 13.5. The molecule has 5 rings (SSSR count). The maximum atomic E-state index is 13.5. The van der Waals surface area contributed by atoms with E-state index in [1.807, 2.05) is 20.8 Å². The molecule has 1 aliphatic carbocycles. The molecule has 1 amide bonds. The number of nitrogens with one attached hydrogen (secondary N) is 2. The van der Waals surface area contributed by atoms with E-state index in [0.29, 0.717) is 18.8 Å². The Balaban J connectivity index is 0.00000164. The zero-order valence-corrected chi connectivity index (χ0v) is 22.0. The molecule has 2 fully saturated rings. The molecule has 0 bridgehead atoms. The Morgan fingerprint density at radius 2 is 1.92 bits per heavy atom. The van der Waals surface area contributed by atoms with Gasteiger partial charge in [0.25, 0.3) is 0 Å². The Kier molecular flexibility index (Phi) is 7.72. The highest BCUT2D eigenvalue weighted by Gasteiger charge is 2.52. The molecule has 1 atom stereocenters. The second-order valence-corrected chi connectivity index (χ2v) is 9.88. The highest BCUT2D eigenvalue weighted by Crippen LogP contribution is 2.55. The fourth-order valence-corrected chi connectivity index (χ4v) is 5.58. The molecule has 3 aliphatic heterocycles. The molecule has 1 saturated heterocycles. The van der Waals surface area contributed by atoms with Gasteiger partial charge in [-0.15, -0.1) is 0 Å². The number of carbonyl (C=O) groups excluding carboxylic acids is 1. The summed E-state index contributed by atoms with van der Waals surface area (Å²) in [4.78, 5) is 27.8. The summed E-state index contributed by atoms with van der Waals surface area (Å²) in [5.41, 5.74) is 5.64. The fraction of sp³-hybridized carbons (Fsp3) is 0.577. The second kappa shape index (κ2) is 10.8. The number of hydrogen-bond donors (Lipinski definition) is 2. The van der Waals surface area contributed by atoms with Gasteiger partial charge in [-0.25, -0.2) is 18.7 Å². The zero-order chi connectivity index (χ0) is 27.5. The number of halogens is 2. The van der Waals surface area contributed by atoms with Crippen LogP contribution in [-0.4, -0.2) is 66.3 Å². The third-order valence-electron chi connectivity index (χ3n) is 7.78. The summed E-state index contributed by atoms with van der Waals surface area (Å²) in [5, 5.41) is 18.6. The van der Waals surface area contributed by atoms with Crippen molar-refractivity contribution < 1.29 is 13.6 Å². The fourth-order valence-electron chi connectivity index (χ4n) is 5.58. The largest absolute Gasteiger partial charge is 0.352 e. The lowest BCUT2D eigenvalue weighted by Crippen LogP contribution is -2.58. The van der Waals surface area contributed by atoms with Crippen molar-refractivity contribution >= 4 is 17.5 Å². The number of nitrogens with zero attached hydrogens (tertiary/aromatic N) is 7. The van der Waals surface area contributed by atoms with Crippen LogP contribution in [0.15, 0.2) is 30.0 Å². The van der Waals surface area contributed by atoms with Gasteiger partial charge in [0, 0.05) is 49.4 Å². The molecule has 10 nitrogen and oxygen atoms in total. The van der Waals surface area contributed by atoms with Gasteiger partial charge >= 0.3 is 0 Å². The molecule has 1 spiro atoms. The minimum absolute atomic E-state index is 0.104. The maximum Gasteiger partial charge on any atom is 0.248 e. The summed E-state index contributed by atoms with van der Waals surface area (Å²) in [6.45, 7) is 4.89. The van der Waals surface area contributed by atoms with E-state index in [-0.39, 0.29) is 18.0 Å². The van der Waals surface area contributed by atoms with Crippen molar-refractivity contribution in [3.8, 4) is 12.1 Å². The van der Waals surface area contributed by atoms with E-state index in [1.165, 1.54) is 11.2 Å². The monoisotopic (exact) mass is 525 g/mol. The Hall–Kier alpha value is -3.93. The molecule has 38 heavy (non-hydrogen) atoms. The summed E-state index contributed by atoms with van der Waals surface area (Å²) in [6.07, 6.45) is 8.20. The zero-order valence-electron chi connectivity index (χ0n) is 22.0. The van der Waals surface area contributed by atoms with Gasteiger partial charge in [-0.2, -0.15) is 10.5 Å². The molecular weight excluding hydrogens is 492 g/mol. The highest BCUT2D eigenvalue weighted by atomic mass is 19.1. The number of rotatable bonds is 5. The number of anilines is 2. The van der Waals surface area contributed by atoms with Crippen LogP contribution in [0, 0.1) is 28.1 Å². The SMILES string of the molecule is CC.C[C@@H]1CN(c2ncnc3c2C2(CCC2)CN3C2=CNNC(C#N)=C2)CCN1C(=O)C(C#N)(CF)CF. The molecule has 2 N–H and O–H groups in total. The summed E-state index contributed by atoms with van der Waals surface area (Å²) in [6, 6.07) is 3.31. The van der Waals surface area contributed by atoms with Gasteiger partial charge in [-0.1, -0.05) is 20.3 Å². The van der Waals surface area contributed by atoms with Gasteiger partial charge in [0.05, 0.1) is 11.8 Å². The molecule has 1 saturated carbocycles. The van der Waals surface area contributed by atoms with Crippen LogP contribution in [-0.2, 0) is 10.2 Å². The first-order valence-corrected chi connectivity index (χ1v) is 13.0. The van der Waals surface area contributed by atoms with E-state index in [4.69, 9.17) is 0 Å². The van der Waals surface area contributed by atoms with Gasteiger partial charge in [0.1, 0.15) is 43.1 Å². The minimum atomic E-state index is -2.28. The molecule has 4 aliphatic rings. The standard InChI is InChI=1S/C24H27F2N9O.C2H6/c1-16-10-33(5-6-34(16)22(36)24(11-25,12-26)13-28)20-19-21(30-15-29-20)35(14-23(19)3-2-4-23)18-7-17(8-27)32-31-9-18;1-2/h7,9,15-16,31-32H,2-6,10-12,14H2,1H3;1-2H3/t16-;/m1./s1. The molecule has 0 aromatic carbocycles. The number of alkyl halides is 2. The van der Waals surface area contributed by atoms with Gasteiger partial charge in [0.15, 0.2) is 5.41 Å².